The Bertz CT molecular complexity index is 1000. The van der Waals surface area contributed by atoms with Crippen LogP contribution in [0.5, 0.6) is 11.5 Å². The first-order valence-electron chi connectivity index (χ1n) is 9.55. The standard InChI is InChI=1S/C22H22N2O6S/c1-14(22(27)28)12-21(26)23-15-2-5-17(6-3-15)31-11-8-20(25)24-16-4-7-18-19(13-16)30-10-9-29-18/h2-7,12-13H,8-11H2,1H3,(H,23,26)(H,24,25)(H,27,28). The molecule has 8 nitrogen and oxygen atoms in total. The molecule has 9 heteroatoms. The number of carboxylic acids is 1. The van der Waals surface area contributed by atoms with E-state index in [9.17, 15) is 14.4 Å². The van der Waals surface area contributed by atoms with E-state index in [0.717, 1.165) is 11.0 Å². The lowest BCUT2D eigenvalue weighted by Crippen LogP contribution is -2.16. The smallest absolute Gasteiger partial charge is 0.331 e. The molecule has 2 aromatic rings. The molecule has 0 atom stereocenters. The number of hydrogen-bond donors (Lipinski definition) is 3. The fraction of sp³-hybridized carbons (Fsp3) is 0.227. The number of carbonyl (C=O) groups excluding carboxylic acids is 2. The third-order valence-electron chi connectivity index (χ3n) is 4.23. The van der Waals surface area contributed by atoms with Gasteiger partial charge in [0.1, 0.15) is 13.2 Å². The Balaban J connectivity index is 1.43. The fourth-order valence-electron chi connectivity index (χ4n) is 2.68. The zero-order valence-electron chi connectivity index (χ0n) is 16.8. The molecule has 2 amide bonds. The second-order valence-corrected chi connectivity index (χ2v) is 7.82. The largest absolute Gasteiger partial charge is 0.486 e. The molecule has 0 spiro atoms. The average Bonchev–Trinajstić information content (AvgIpc) is 2.74. The fourth-order valence-corrected chi connectivity index (χ4v) is 3.53. The van der Waals surface area contributed by atoms with Crippen molar-refractivity contribution in [3.63, 3.8) is 0 Å². The molecule has 31 heavy (non-hydrogen) atoms. The van der Waals surface area contributed by atoms with Crippen LogP contribution in [0, 0.1) is 0 Å². The van der Waals surface area contributed by atoms with Gasteiger partial charge < -0.3 is 25.2 Å². The van der Waals surface area contributed by atoms with Crippen molar-refractivity contribution in [2.45, 2.75) is 18.2 Å². The Hall–Kier alpha value is -3.46. The molecule has 1 heterocycles. The summed E-state index contributed by atoms with van der Waals surface area (Å²) in [6.07, 6.45) is 1.36. The first-order valence-corrected chi connectivity index (χ1v) is 10.5. The van der Waals surface area contributed by atoms with Gasteiger partial charge in [0.2, 0.25) is 11.8 Å². The van der Waals surface area contributed by atoms with Crippen LogP contribution in [0.3, 0.4) is 0 Å². The van der Waals surface area contributed by atoms with Crippen molar-refractivity contribution >= 4 is 40.9 Å². The van der Waals surface area contributed by atoms with Crippen molar-refractivity contribution in [3.05, 3.63) is 54.1 Å². The highest BCUT2D eigenvalue weighted by Crippen LogP contribution is 2.32. The molecular formula is C22H22N2O6S. The van der Waals surface area contributed by atoms with E-state index in [2.05, 4.69) is 10.6 Å². The number of rotatable bonds is 8. The van der Waals surface area contributed by atoms with Gasteiger partial charge >= 0.3 is 5.97 Å². The Morgan fingerprint density at radius 1 is 1.00 bits per heavy atom. The molecule has 3 N–H and O–H groups in total. The maximum atomic E-state index is 12.2. The van der Waals surface area contributed by atoms with E-state index in [4.69, 9.17) is 14.6 Å². The lowest BCUT2D eigenvalue weighted by Gasteiger charge is -2.19. The van der Waals surface area contributed by atoms with Crippen LogP contribution < -0.4 is 20.1 Å². The summed E-state index contributed by atoms with van der Waals surface area (Å²) >= 11 is 1.52. The monoisotopic (exact) mass is 442 g/mol. The molecule has 0 saturated heterocycles. The maximum absolute atomic E-state index is 12.2. The summed E-state index contributed by atoms with van der Waals surface area (Å²) in [6, 6.07) is 12.4. The quantitative estimate of drug-likeness (QED) is 0.423. The molecule has 1 aliphatic heterocycles. The van der Waals surface area contributed by atoms with Gasteiger partial charge in [-0.2, -0.15) is 0 Å². The number of hydrogen-bond acceptors (Lipinski definition) is 6. The number of thioether (sulfide) groups is 1. The Kier molecular flexibility index (Phi) is 7.55. The van der Waals surface area contributed by atoms with Gasteiger partial charge in [0.15, 0.2) is 11.5 Å². The van der Waals surface area contributed by atoms with E-state index < -0.39 is 11.9 Å². The van der Waals surface area contributed by atoms with Gasteiger partial charge in [-0.15, -0.1) is 11.8 Å². The molecule has 0 aromatic heterocycles. The van der Waals surface area contributed by atoms with Crippen molar-refractivity contribution in [2.75, 3.05) is 29.6 Å². The van der Waals surface area contributed by atoms with Crippen molar-refractivity contribution in [3.8, 4) is 11.5 Å². The molecule has 162 valence electrons. The minimum atomic E-state index is -1.14. The van der Waals surface area contributed by atoms with Gasteiger partial charge in [0.25, 0.3) is 0 Å². The first-order chi connectivity index (χ1) is 14.9. The highest BCUT2D eigenvalue weighted by molar-refractivity contribution is 7.99. The molecule has 0 bridgehead atoms. The number of carboxylic acid groups (broad SMARTS) is 1. The summed E-state index contributed by atoms with van der Waals surface area (Å²) < 4.78 is 11.0. The number of nitrogens with one attached hydrogen (secondary N) is 2. The number of fused-ring (bicyclic) bond motifs is 1. The van der Waals surface area contributed by atoms with E-state index in [1.54, 1.807) is 30.3 Å². The van der Waals surface area contributed by atoms with Crippen LogP contribution in [-0.2, 0) is 14.4 Å². The maximum Gasteiger partial charge on any atom is 0.331 e. The number of benzene rings is 2. The summed E-state index contributed by atoms with van der Waals surface area (Å²) in [5.74, 6) is 0.138. The lowest BCUT2D eigenvalue weighted by atomic mass is 10.2. The topological polar surface area (TPSA) is 114 Å². The van der Waals surface area contributed by atoms with Crippen LogP contribution in [0.25, 0.3) is 0 Å². The number of ether oxygens (including phenoxy) is 2. The van der Waals surface area contributed by atoms with E-state index in [-0.39, 0.29) is 11.5 Å². The molecular weight excluding hydrogens is 420 g/mol. The second-order valence-electron chi connectivity index (χ2n) is 6.65. The van der Waals surface area contributed by atoms with Gasteiger partial charge in [-0.05, 0) is 43.3 Å². The zero-order chi connectivity index (χ0) is 22.2. The van der Waals surface area contributed by atoms with Crippen LogP contribution in [0.2, 0.25) is 0 Å². The zero-order valence-corrected chi connectivity index (χ0v) is 17.7. The van der Waals surface area contributed by atoms with Gasteiger partial charge in [-0.1, -0.05) is 0 Å². The van der Waals surface area contributed by atoms with Crippen LogP contribution in [0.1, 0.15) is 13.3 Å². The molecule has 2 aromatic carbocycles. The lowest BCUT2D eigenvalue weighted by molar-refractivity contribution is -0.132. The highest BCUT2D eigenvalue weighted by Gasteiger charge is 2.13. The van der Waals surface area contributed by atoms with Crippen LogP contribution in [-0.4, -0.2) is 41.9 Å². The molecule has 3 rings (SSSR count). The van der Waals surface area contributed by atoms with Crippen LogP contribution >= 0.6 is 11.8 Å². The molecule has 0 saturated carbocycles. The van der Waals surface area contributed by atoms with Crippen LogP contribution in [0.15, 0.2) is 59.0 Å². The van der Waals surface area contributed by atoms with Crippen molar-refractivity contribution in [1.82, 2.24) is 0 Å². The Labute approximate surface area is 183 Å². The van der Waals surface area contributed by atoms with Crippen molar-refractivity contribution in [2.24, 2.45) is 0 Å². The summed E-state index contributed by atoms with van der Waals surface area (Å²) in [4.78, 5) is 35.7. The molecule has 0 fully saturated rings. The minimum absolute atomic E-state index is 0.0424. The summed E-state index contributed by atoms with van der Waals surface area (Å²) in [5, 5.41) is 14.3. The predicted octanol–water partition coefficient (Wildman–Crippen LogP) is 3.55. The van der Waals surface area contributed by atoms with Crippen molar-refractivity contribution < 1.29 is 29.0 Å². The molecule has 1 aliphatic rings. The Morgan fingerprint density at radius 3 is 2.39 bits per heavy atom. The Morgan fingerprint density at radius 2 is 1.68 bits per heavy atom. The number of amides is 2. The van der Waals surface area contributed by atoms with E-state index in [1.807, 2.05) is 12.1 Å². The van der Waals surface area contributed by atoms with E-state index in [1.165, 1.54) is 18.7 Å². The van der Waals surface area contributed by atoms with Crippen molar-refractivity contribution in [1.29, 1.82) is 0 Å². The van der Waals surface area contributed by atoms with Gasteiger partial charge in [-0.3, -0.25) is 9.59 Å². The number of aliphatic carboxylic acids is 1. The third-order valence-corrected chi connectivity index (χ3v) is 5.24. The summed E-state index contributed by atoms with van der Waals surface area (Å²) in [6.45, 7) is 2.36. The summed E-state index contributed by atoms with van der Waals surface area (Å²) in [7, 11) is 0. The molecule has 0 radical (unpaired) electrons. The number of carbonyl (C=O) groups is 3. The summed E-state index contributed by atoms with van der Waals surface area (Å²) in [5.41, 5.74) is 1.17. The first kappa shape index (κ1) is 22.2. The van der Waals surface area contributed by atoms with Gasteiger partial charge in [0.05, 0.1) is 0 Å². The second kappa shape index (κ2) is 10.5. The van der Waals surface area contributed by atoms with Crippen LogP contribution in [0.4, 0.5) is 11.4 Å². The molecule has 0 unspecified atom stereocenters. The SMILES string of the molecule is CC(=CC(=O)Nc1ccc(SCCC(=O)Nc2ccc3c(c2)OCCO3)cc1)C(=O)O. The number of anilines is 2. The van der Waals surface area contributed by atoms with Gasteiger partial charge in [0, 0.05) is 46.2 Å². The highest BCUT2D eigenvalue weighted by atomic mass is 32.2. The van der Waals surface area contributed by atoms with E-state index in [0.29, 0.717) is 48.3 Å². The molecule has 0 aliphatic carbocycles. The minimum Gasteiger partial charge on any atom is -0.486 e. The predicted molar refractivity (Wildman–Crippen MR) is 118 cm³/mol. The van der Waals surface area contributed by atoms with E-state index >= 15 is 0 Å². The average molecular weight is 442 g/mol. The third kappa shape index (κ3) is 6.78. The normalized spacial score (nSPS) is 12.7. The van der Waals surface area contributed by atoms with Gasteiger partial charge in [-0.25, -0.2) is 4.79 Å².